The molecule has 0 bridgehead atoms. The summed E-state index contributed by atoms with van der Waals surface area (Å²) in [5.74, 6) is 0.338. The summed E-state index contributed by atoms with van der Waals surface area (Å²) >= 11 is 12.2. The lowest BCUT2D eigenvalue weighted by atomic mass is 9.94. The average Bonchev–Trinajstić information content (AvgIpc) is 2.33. The minimum Gasteiger partial charge on any atom is -0.299 e. The number of likely N-dealkylation sites (tertiary alicyclic amines) is 1. The number of halogens is 3. The highest BCUT2D eigenvalue weighted by atomic mass is 35.5. The van der Waals surface area contributed by atoms with Crippen LogP contribution in [0.4, 0.5) is 4.39 Å². The van der Waals surface area contributed by atoms with Crippen LogP contribution in [0.3, 0.4) is 0 Å². The third kappa shape index (κ3) is 3.59. The second-order valence-electron chi connectivity index (χ2n) is 5.03. The molecule has 1 heterocycles. The zero-order chi connectivity index (χ0) is 13.1. The number of benzene rings is 1. The molecule has 1 fully saturated rings. The summed E-state index contributed by atoms with van der Waals surface area (Å²) in [6.45, 7) is 4.94. The Hall–Kier alpha value is -0.310. The van der Waals surface area contributed by atoms with Crippen LogP contribution in [0.25, 0.3) is 0 Å². The van der Waals surface area contributed by atoms with Crippen molar-refractivity contribution in [1.82, 2.24) is 4.90 Å². The number of nitrogens with zero attached hydrogens (tertiary/aromatic N) is 1. The van der Waals surface area contributed by atoms with E-state index in [4.69, 9.17) is 23.2 Å². The fraction of sp³-hybridized carbons (Fsp3) is 0.571. The Balaban J connectivity index is 1.91. The molecule has 0 saturated carbocycles. The molecule has 1 atom stereocenters. The van der Waals surface area contributed by atoms with Crippen LogP contribution in [0.1, 0.15) is 25.3 Å². The van der Waals surface area contributed by atoms with Crippen molar-refractivity contribution in [3.05, 3.63) is 34.6 Å². The van der Waals surface area contributed by atoms with Crippen molar-refractivity contribution >= 4 is 23.2 Å². The monoisotopic (exact) mass is 289 g/mol. The van der Waals surface area contributed by atoms with Crippen molar-refractivity contribution < 1.29 is 4.39 Å². The van der Waals surface area contributed by atoms with Crippen LogP contribution in [-0.4, -0.2) is 23.4 Å². The standard InChI is InChI=1S/C14H18Cl2FN/c1-10(15)11-4-6-18(7-5-11)9-12-2-3-13(17)8-14(12)16/h2-3,8,10-11H,4-7,9H2,1H3. The molecule has 1 aliphatic rings. The molecule has 1 aliphatic heterocycles. The molecule has 4 heteroatoms. The second-order valence-corrected chi connectivity index (χ2v) is 6.12. The van der Waals surface area contributed by atoms with Gasteiger partial charge < -0.3 is 0 Å². The van der Waals surface area contributed by atoms with Gasteiger partial charge in [-0.15, -0.1) is 11.6 Å². The lowest BCUT2D eigenvalue weighted by molar-refractivity contribution is 0.176. The van der Waals surface area contributed by atoms with Gasteiger partial charge >= 0.3 is 0 Å². The first-order valence-corrected chi connectivity index (χ1v) is 7.18. The third-order valence-electron chi connectivity index (χ3n) is 3.69. The van der Waals surface area contributed by atoms with Crippen LogP contribution in [-0.2, 0) is 6.54 Å². The lowest BCUT2D eigenvalue weighted by Crippen LogP contribution is -2.35. The summed E-state index contributed by atoms with van der Waals surface area (Å²) in [4.78, 5) is 2.36. The average molecular weight is 290 g/mol. The minimum atomic E-state index is -0.279. The van der Waals surface area contributed by atoms with Crippen molar-refractivity contribution in [2.75, 3.05) is 13.1 Å². The fourth-order valence-electron chi connectivity index (χ4n) is 2.46. The van der Waals surface area contributed by atoms with E-state index in [9.17, 15) is 4.39 Å². The van der Waals surface area contributed by atoms with Crippen LogP contribution < -0.4 is 0 Å². The van der Waals surface area contributed by atoms with Gasteiger partial charge in [-0.1, -0.05) is 17.7 Å². The van der Waals surface area contributed by atoms with E-state index in [1.54, 1.807) is 6.07 Å². The first kappa shape index (κ1) is 14.1. The van der Waals surface area contributed by atoms with Crippen molar-refractivity contribution in [2.45, 2.75) is 31.7 Å². The lowest BCUT2D eigenvalue weighted by Gasteiger charge is -2.33. The Kier molecular flexibility index (Phi) is 4.88. The van der Waals surface area contributed by atoms with E-state index in [1.165, 1.54) is 12.1 Å². The predicted octanol–water partition coefficient (Wildman–Crippen LogP) is 4.32. The van der Waals surface area contributed by atoms with Gasteiger partial charge in [0.25, 0.3) is 0 Å². The molecule has 1 nitrogen and oxygen atoms in total. The quantitative estimate of drug-likeness (QED) is 0.749. The molecule has 18 heavy (non-hydrogen) atoms. The van der Waals surface area contributed by atoms with Gasteiger partial charge in [-0.05, 0) is 56.5 Å². The summed E-state index contributed by atoms with van der Waals surface area (Å²) in [7, 11) is 0. The van der Waals surface area contributed by atoms with Crippen LogP contribution in [0.2, 0.25) is 5.02 Å². The highest BCUT2D eigenvalue weighted by Gasteiger charge is 2.22. The van der Waals surface area contributed by atoms with E-state index in [1.807, 2.05) is 0 Å². The molecule has 0 spiro atoms. The molecule has 1 aromatic rings. The normalized spacial score (nSPS) is 20.0. The van der Waals surface area contributed by atoms with Crippen LogP contribution in [0.5, 0.6) is 0 Å². The van der Waals surface area contributed by atoms with Crippen molar-refractivity contribution in [3.8, 4) is 0 Å². The first-order chi connectivity index (χ1) is 8.56. The van der Waals surface area contributed by atoms with Gasteiger partial charge in [0.05, 0.1) is 0 Å². The molecular weight excluding hydrogens is 272 g/mol. The Morgan fingerprint density at radius 2 is 2.06 bits per heavy atom. The zero-order valence-corrected chi connectivity index (χ0v) is 12.0. The van der Waals surface area contributed by atoms with Crippen LogP contribution in [0.15, 0.2) is 18.2 Å². The van der Waals surface area contributed by atoms with Gasteiger partial charge in [-0.2, -0.15) is 0 Å². The summed E-state index contributed by atoms with van der Waals surface area (Å²) < 4.78 is 13.0. The summed E-state index contributed by atoms with van der Waals surface area (Å²) in [6, 6.07) is 4.62. The van der Waals surface area contributed by atoms with Crippen molar-refractivity contribution in [3.63, 3.8) is 0 Å². The van der Waals surface area contributed by atoms with Crippen molar-refractivity contribution in [2.24, 2.45) is 5.92 Å². The maximum absolute atomic E-state index is 13.0. The fourth-order valence-corrected chi connectivity index (χ4v) is 2.94. The second kappa shape index (κ2) is 6.23. The predicted molar refractivity (Wildman–Crippen MR) is 74.7 cm³/mol. The topological polar surface area (TPSA) is 3.24 Å². The molecule has 100 valence electrons. The Bertz CT molecular complexity index is 401. The van der Waals surface area contributed by atoms with E-state index < -0.39 is 0 Å². The molecule has 2 rings (SSSR count). The number of alkyl halides is 1. The number of hydrogen-bond donors (Lipinski definition) is 0. The molecule has 0 aliphatic carbocycles. The number of hydrogen-bond acceptors (Lipinski definition) is 1. The van der Waals surface area contributed by atoms with Gasteiger partial charge in [0.2, 0.25) is 0 Å². The number of rotatable bonds is 3. The molecule has 0 amide bonds. The molecular formula is C14H18Cl2FN. The summed E-state index contributed by atoms with van der Waals surface area (Å²) in [5, 5.41) is 0.768. The van der Waals surface area contributed by atoms with E-state index in [0.29, 0.717) is 10.9 Å². The van der Waals surface area contributed by atoms with Crippen LogP contribution >= 0.6 is 23.2 Å². The van der Waals surface area contributed by atoms with E-state index in [0.717, 1.165) is 38.0 Å². The van der Waals surface area contributed by atoms with E-state index in [2.05, 4.69) is 11.8 Å². The maximum Gasteiger partial charge on any atom is 0.124 e. The van der Waals surface area contributed by atoms with E-state index >= 15 is 0 Å². The van der Waals surface area contributed by atoms with Gasteiger partial charge in [0, 0.05) is 16.9 Å². The Morgan fingerprint density at radius 3 is 2.61 bits per heavy atom. The Labute approximate surface area is 118 Å². The SMILES string of the molecule is CC(Cl)C1CCN(Cc2ccc(F)cc2Cl)CC1. The van der Waals surface area contributed by atoms with Gasteiger partial charge in [-0.25, -0.2) is 4.39 Å². The molecule has 1 aromatic carbocycles. The van der Waals surface area contributed by atoms with Gasteiger partial charge in [-0.3, -0.25) is 4.90 Å². The molecule has 0 N–H and O–H groups in total. The number of piperidine rings is 1. The minimum absolute atomic E-state index is 0.251. The molecule has 1 saturated heterocycles. The molecule has 0 aromatic heterocycles. The summed E-state index contributed by atoms with van der Waals surface area (Å²) in [5.41, 5.74) is 0.996. The smallest absolute Gasteiger partial charge is 0.124 e. The molecule has 1 unspecified atom stereocenters. The van der Waals surface area contributed by atoms with Gasteiger partial charge in [0.1, 0.15) is 5.82 Å². The summed E-state index contributed by atoms with van der Waals surface area (Å²) in [6.07, 6.45) is 2.26. The van der Waals surface area contributed by atoms with Gasteiger partial charge in [0.15, 0.2) is 0 Å². The largest absolute Gasteiger partial charge is 0.299 e. The third-order valence-corrected chi connectivity index (χ3v) is 4.40. The highest BCUT2D eigenvalue weighted by Crippen LogP contribution is 2.26. The zero-order valence-electron chi connectivity index (χ0n) is 10.5. The maximum atomic E-state index is 13.0. The van der Waals surface area contributed by atoms with Crippen LogP contribution in [0, 0.1) is 11.7 Å². The highest BCUT2D eigenvalue weighted by molar-refractivity contribution is 6.31. The molecule has 0 radical (unpaired) electrons. The van der Waals surface area contributed by atoms with Crippen molar-refractivity contribution in [1.29, 1.82) is 0 Å². The van der Waals surface area contributed by atoms with E-state index in [-0.39, 0.29) is 11.2 Å². The first-order valence-electron chi connectivity index (χ1n) is 6.36. The Morgan fingerprint density at radius 1 is 1.39 bits per heavy atom.